The van der Waals surface area contributed by atoms with Crippen molar-refractivity contribution in [2.45, 2.75) is 77.5 Å². The lowest BCUT2D eigenvalue weighted by Crippen LogP contribution is -2.59. The number of aliphatic carboxylic acids is 1. The van der Waals surface area contributed by atoms with Crippen LogP contribution in [0.3, 0.4) is 0 Å². The van der Waals surface area contributed by atoms with Gasteiger partial charge in [-0.15, -0.1) is 0 Å². The van der Waals surface area contributed by atoms with Crippen LogP contribution in [0.15, 0.2) is 30.3 Å². The van der Waals surface area contributed by atoms with Crippen molar-refractivity contribution in [3.8, 4) is 0 Å². The summed E-state index contributed by atoms with van der Waals surface area (Å²) in [5, 5.41) is 17.1. The highest BCUT2D eigenvalue weighted by molar-refractivity contribution is 5.94. The third-order valence-electron chi connectivity index (χ3n) is 6.02. The molecule has 0 bridgehead atoms. The Hall–Kier alpha value is -3.47. The van der Waals surface area contributed by atoms with Crippen molar-refractivity contribution in [1.82, 2.24) is 16.0 Å². The van der Waals surface area contributed by atoms with Crippen molar-refractivity contribution >= 4 is 29.6 Å². The smallest absolute Gasteiger partial charge is 0.326 e. The third-order valence-corrected chi connectivity index (χ3v) is 6.02. The fourth-order valence-electron chi connectivity index (χ4n) is 3.43. The van der Waals surface area contributed by atoms with E-state index in [1.807, 2.05) is 32.0 Å². The highest BCUT2D eigenvalue weighted by Crippen LogP contribution is 2.10. The minimum atomic E-state index is -1.35. The van der Waals surface area contributed by atoms with Crippen LogP contribution < -0.4 is 27.4 Å². The molecule has 5 unspecified atom stereocenters. The van der Waals surface area contributed by atoms with Crippen molar-refractivity contribution < 1.29 is 29.1 Å². The predicted octanol–water partition coefficient (Wildman–Crippen LogP) is 0.0630. The van der Waals surface area contributed by atoms with E-state index in [1.165, 1.54) is 0 Å². The molecule has 0 aliphatic heterocycles. The molecule has 4 amide bonds. The Bertz CT molecular complexity index is 907. The molecule has 0 fully saturated rings. The molecule has 0 aromatic heterocycles. The lowest BCUT2D eigenvalue weighted by Gasteiger charge is -2.27. The second-order valence-electron chi connectivity index (χ2n) is 9.30. The molecule has 11 nitrogen and oxygen atoms in total. The Labute approximate surface area is 211 Å². The highest BCUT2D eigenvalue weighted by Gasteiger charge is 2.32. The first kappa shape index (κ1) is 30.6. The number of carbonyl (C=O) groups is 5. The van der Waals surface area contributed by atoms with Gasteiger partial charge in [0.25, 0.3) is 0 Å². The average Bonchev–Trinajstić information content (AvgIpc) is 2.83. The van der Waals surface area contributed by atoms with Crippen LogP contribution in [0, 0.1) is 11.8 Å². The first-order valence-electron chi connectivity index (χ1n) is 12.1. The summed E-state index contributed by atoms with van der Waals surface area (Å²) in [6.45, 7) is 7.12. The number of hydrogen-bond acceptors (Lipinski definition) is 6. The standard InChI is InChI=1S/C25H39N5O6/c1-5-15(4)20(27)23(33)29-18(13-16-9-7-6-8-10-16)22(32)30-21(14(2)3)24(34)28-17(25(35)36)11-12-19(26)31/h6-10,14-15,17-18,20-21H,5,11-13,27H2,1-4H3,(H2,26,31)(H,28,34)(H,29,33)(H,30,32)(H,35,36). The molecule has 11 heteroatoms. The van der Waals surface area contributed by atoms with Gasteiger partial charge in [0.05, 0.1) is 6.04 Å². The zero-order chi connectivity index (χ0) is 27.4. The molecule has 200 valence electrons. The number of rotatable bonds is 15. The van der Waals surface area contributed by atoms with Gasteiger partial charge in [0.15, 0.2) is 0 Å². The minimum Gasteiger partial charge on any atom is -0.480 e. The van der Waals surface area contributed by atoms with E-state index in [0.717, 1.165) is 5.56 Å². The Balaban J connectivity index is 3.07. The van der Waals surface area contributed by atoms with Crippen LogP contribution in [0.1, 0.15) is 52.5 Å². The van der Waals surface area contributed by atoms with E-state index in [1.54, 1.807) is 26.0 Å². The van der Waals surface area contributed by atoms with Crippen LogP contribution in [0.4, 0.5) is 0 Å². The van der Waals surface area contributed by atoms with E-state index in [-0.39, 0.29) is 25.2 Å². The van der Waals surface area contributed by atoms with Gasteiger partial charge in [-0.2, -0.15) is 0 Å². The van der Waals surface area contributed by atoms with E-state index in [4.69, 9.17) is 11.5 Å². The summed E-state index contributed by atoms with van der Waals surface area (Å²) in [5.41, 5.74) is 11.9. The number of nitrogens with one attached hydrogen (secondary N) is 3. The minimum absolute atomic E-state index is 0.104. The molecular formula is C25H39N5O6. The number of benzene rings is 1. The molecule has 1 rings (SSSR count). The summed E-state index contributed by atoms with van der Waals surface area (Å²) in [7, 11) is 0. The van der Waals surface area contributed by atoms with Gasteiger partial charge in [0, 0.05) is 12.8 Å². The Kier molecular flexibility index (Phi) is 12.6. The predicted molar refractivity (Wildman–Crippen MR) is 134 cm³/mol. The largest absolute Gasteiger partial charge is 0.480 e. The third kappa shape index (κ3) is 10.0. The Morgan fingerprint density at radius 3 is 1.97 bits per heavy atom. The van der Waals surface area contributed by atoms with Crippen LogP contribution in [-0.2, 0) is 30.4 Å². The SMILES string of the molecule is CCC(C)C(N)C(=O)NC(Cc1ccccc1)C(=O)NC(C(=O)NC(CCC(N)=O)C(=O)O)C(C)C. The van der Waals surface area contributed by atoms with Gasteiger partial charge in [-0.25, -0.2) is 4.79 Å². The highest BCUT2D eigenvalue weighted by atomic mass is 16.4. The zero-order valence-electron chi connectivity index (χ0n) is 21.3. The van der Waals surface area contributed by atoms with E-state index in [0.29, 0.717) is 6.42 Å². The maximum atomic E-state index is 13.3. The molecule has 0 aliphatic carbocycles. The molecular weight excluding hydrogens is 466 g/mol. The number of nitrogens with two attached hydrogens (primary N) is 2. The van der Waals surface area contributed by atoms with E-state index >= 15 is 0 Å². The molecule has 0 saturated carbocycles. The Morgan fingerprint density at radius 1 is 0.889 bits per heavy atom. The molecule has 1 aromatic rings. The van der Waals surface area contributed by atoms with Gasteiger partial charge in [0.2, 0.25) is 23.6 Å². The fourth-order valence-corrected chi connectivity index (χ4v) is 3.43. The number of carboxylic acid groups (broad SMARTS) is 1. The van der Waals surface area contributed by atoms with E-state index in [9.17, 15) is 29.1 Å². The van der Waals surface area contributed by atoms with Crippen molar-refractivity contribution in [1.29, 1.82) is 0 Å². The van der Waals surface area contributed by atoms with Gasteiger partial charge in [-0.3, -0.25) is 19.2 Å². The topological polar surface area (TPSA) is 194 Å². The molecule has 5 atom stereocenters. The van der Waals surface area contributed by atoms with E-state index in [2.05, 4.69) is 16.0 Å². The van der Waals surface area contributed by atoms with Crippen molar-refractivity contribution in [3.05, 3.63) is 35.9 Å². The first-order valence-corrected chi connectivity index (χ1v) is 12.1. The van der Waals surface area contributed by atoms with Gasteiger partial charge >= 0.3 is 5.97 Å². The van der Waals surface area contributed by atoms with Gasteiger partial charge in [0.1, 0.15) is 18.1 Å². The molecule has 0 heterocycles. The summed E-state index contributed by atoms with van der Waals surface area (Å²) < 4.78 is 0. The number of carboxylic acids is 1. The van der Waals surface area contributed by atoms with Gasteiger partial charge in [-0.1, -0.05) is 64.4 Å². The first-order chi connectivity index (χ1) is 16.9. The molecule has 36 heavy (non-hydrogen) atoms. The molecule has 0 aliphatic rings. The second-order valence-corrected chi connectivity index (χ2v) is 9.30. The lowest BCUT2D eigenvalue weighted by molar-refractivity contribution is -0.143. The van der Waals surface area contributed by atoms with Crippen molar-refractivity contribution in [2.75, 3.05) is 0 Å². The maximum Gasteiger partial charge on any atom is 0.326 e. The van der Waals surface area contributed by atoms with Crippen LogP contribution in [0.25, 0.3) is 0 Å². The van der Waals surface area contributed by atoms with Gasteiger partial charge in [-0.05, 0) is 23.8 Å². The summed E-state index contributed by atoms with van der Waals surface area (Å²) in [5.74, 6) is -4.35. The zero-order valence-corrected chi connectivity index (χ0v) is 21.3. The van der Waals surface area contributed by atoms with Crippen molar-refractivity contribution in [2.24, 2.45) is 23.3 Å². The van der Waals surface area contributed by atoms with Crippen LogP contribution >= 0.6 is 0 Å². The van der Waals surface area contributed by atoms with Crippen molar-refractivity contribution in [3.63, 3.8) is 0 Å². The molecule has 0 radical (unpaired) electrons. The monoisotopic (exact) mass is 505 g/mol. The van der Waals surface area contributed by atoms with Gasteiger partial charge < -0.3 is 32.5 Å². The number of primary amides is 1. The number of amides is 4. The normalized spacial score (nSPS) is 15.2. The Morgan fingerprint density at radius 2 is 1.47 bits per heavy atom. The quantitative estimate of drug-likeness (QED) is 0.194. The average molecular weight is 506 g/mol. The second kappa shape index (κ2) is 14.8. The molecule has 8 N–H and O–H groups in total. The maximum absolute atomic E-state index is 13.3. The lowest BCUT2D eigenvalue weighted by atomic mass is 9.97. The molecule has 0 spiro atoms. The summed E-state index contributed by atoms with van der Waals surface area (Å²) >= 11 is 0. The van der Waals surface area contributed by atoms with E-state index < -0.39 is 59.7 Å². The summed E-state index contributed by atoms with van der Waals surface area (Å²) in [4.78, 5) is 61.5. The number of hydrogen-bond donors (Lipinski definition) is 6. The summed E-state index contributed by atoms with van der Waals surface area (Å²) in [6, 6.07) is 4.78. The van der Waals surface area contributed by atoms with Crippen LogP contribution in [-0.4, -0.2) is 58.9 Å². The van der Waals surface area contributed by atoms with Crippen LogP contribution in [0.2, 0.25) is 0 Å². The molecule has 1 aromatic carbocycles. The van der Waals surface area contributed by atoms with Crippen LogP contribution in [0.5, 0.6) is 0 Å². The molecule has 0 saturated heterocycles. The summed E-state index contributed by atoms with van der Waals surface area (Å²) in [6.07, 6.45) is 0.432. The fraction of sp³-hybridized carbons (Fsp3) is 0.560. The number of carbonyl (C=O) groups excluding carboxylic acids is 4.